The van der Waals surface area contributed by atoms with Gasteiger partial charge in [-0.3, -0.25) is 0 Å². The van der Waals surface area contributed by atoms with E-state index in [1.807, 2.05) is 0 Å². The molecule has 9 heteroatoms. The van der Waals surface area contributed by atoms with Crippen LogP contribution in [-0.4, -0.2) is 20.9 Å². The van der Waals surface area contributed by atoms with Gasteiger partial charge in [0.15, 0.2) is 0 Å². The molecule has 0 fully saturated rings. The molecule has 0 aromatic rings. The Balaban J connectivity index is -0.000000107. The van der Waals surface area contributed by atoms with Gasteiger partial charge in [0.05, 0.1) is 0 Å². The molecule has 62 valence electrons. The van der Waals surface area contributed by atoms with E-state index in [1.54, 1.807) is 0 Å². The van der Waals surface area contributed by atoms with Crippen LogP contribution >= 0.6 is 24.4 Å². The Bertz CT molecular complexity index is 109. The number of thiocarbonyl (C=S) groups is 2. The van der Waals surface area contributed by atoms with Crippen LogP contribution in [0.4, 0.5) is 0 Å². The molecular weight excluding hydrogens is 246 g/mol. The largest absolute Gasteiger partial charge is 0.358 e. The molecule has 0 aromatic heterocycles. The van der Waals surface area contributed by atoms with Crippen LogP contribution < -0.4 is 11.5 Å². The first kappa shape index (κ1) is 17.1. The zero-order chi connectivity index (χ0) is 8.57. The van der Waals surface area contributed by atoms with Crippen molar-refractivity contribution < 1.29 is 39.8 Å². The molecule has 0 heterocycles. The van der Waals surface area contributed by atoms with E-state index in [0.717, 1.165) is 0 Å². The first-order valence-electron chi connectivity index (χ1n) is 1.76. The average molecular weight is 252 g/mol. The summed E-state index contributed by atoms with van der Waals surface area (Å²) in [5, 5.41) is 14.0. The molecule has 0 amide bonds. The van der Waals surface area contributed by atoms with Crippen molar-refractivity contribution in [2.45, 2.75) is 0 Å². The minimum Gasteiger partial charge on any atom is -0.358 e. The Labute approximate surface area is 86.1 Å². The SMILES string of the molecule is NC(=S)OO.NC(=S)OO.[Zn]. The van der Waals surface area contributed by atoms with Crippen LogP contribution in [0.25, 0.3) is 0 Å². The molecule has 0 atom stereocenters. The summed E-state index contributed by atoms with van der Waals surface area (Å²) < 4.78 is 0. The molecule has 0 saturated heterocycles. The molecule has 0 spiro atoms. The summed E-state index contributed by atoms with van der Waals surface area (Å²) in [6, 6.07) is 0. The minimum atomic E-state index is -0.356. The van der Waals surface area contributed by atoms with Crippen molar-refractivity contribution in [1.29, 1.82) is 0 Å². The van der Waals surface area contributed by atoms with Gasteiger partial charge in [0, 0.05) is 19.5 Å². The van der Waals surface area contributed by atoms with Crippen molar-refractivity contribution in [1.82, 2.24) is 0 Å². The molecule has 0 radical (unpaired) electrons. The maximum atomic E-state index is 7.38. The zero-order valence-corrected chi connectivity index (χ0v) is 9.99. The van der Waals surface area contributed by atoms with Gasteiger partial charge in [0.25, 0.3) is 10.3 Å². The van der Waals surface area contributed by atoms with E-state index in [2.05, 4.69) is 45.7 Å². The summed E-state index contributed by atoms with van der Waals surface area (Å²) in [7, 11) is 0. The molecule has 6 N–H and O–H groups in total. The smallest absolute Gasteiger partial charge is 0.293 e. The third-order valence-corrected chi connectivity index (χ3v) is 0.329. The van der Waals surface area contributed by atoms with Crippen LogP contribution in [0.2, 0.25) is 0 Å². The van der Waals surface area contributed by atoms with Crippen LogP contribution in [0.15, 0.2) is 0 Å². The van der Waals surface area contributed by atoms with E-state index in [-0.39, 0.29) is 29.8 Å². The summed E-state index contributed by atoms with van der Waals surface area (Å²) >= 11 is 8.00. The Morgan fingerprint density at radius 3 is 1.09 bits per heavy atom. The molecule has 0 aliphatic rings. The Morgan fingerprint density at radius 2 is 1.09 bits per heavy atom. The quantitative estimate of drug-likeness (QED) is 0.196. The fraction of sp³-hybridized carbons (Fsp3) is 0. The topological polar surface area (TPSA) is 111 Å². The predicted octanol–water partition coefficient (Wildman–Crippen LogP) is -0.563. The van der Waals surface area contributed by atoms with E-state index < -0.39 is 0 Å². The third kappa shape index (κ3) is 40.5. The second-order valence-electron chi connectivity index (χ2n) is 0.821. The van der Waals surface area contributed by atoms with Crippen molar-refractivity contribution in [2.75, 3.05) is 0 Å². The minimum absolute atomic E-state index is 0. The van der Waals surface area contributed by atoms with Crippen molar-refractivity contribution in [3.63, 3.8) is 0 Å². The molecule has 0 aliphatic carbocycles. The van der Waals surface area contributed by atoms with Crippen molar-refractivity contribution in [3.05, 3.63) is 0 Å². The van der Waals surface area contributed by atoms with Gasteiger partial charge in [-0.25, -0.2) is 10.5 Å². The normalized spacial score (nSPS) is 6.00. The third-order valence-electron chi connectivity index (χ3n) is 0.180. The van der Waals surface area contributed by atoms with E-state index in [1.165, 1.54) is 0 Å². The molecule has 0 unspecified atom stereocenters. The van der Waals surface area contributed by atoms with Gasteiger partial charge < -0.3 is 21.2 Å². The van der Waals surface area contributed by atoms with Gasteiger partial charge in [-0.05, 0) is 24.4 Å². The molecule has 0 bridgehead atoms. The molecular formula is C2H6N2O4S2Zn. The van der Waals surface area contributed by atoms with Gasteiger partial charge >= 0.3 is 0 Å². The van der Waals surface area contributed by atoms with Crippen LogP contribution in [0.5, 0.6) is 0 Å². The van der Waals surface area contributed by atoms with Gasteiger partial charge in [0.2, 0.25) is 0 Å². The van der Waals surface area contributed by atoms with Crippen LogP contribution in [-0.2, 0) is 29.3 Å². The Hall–Kier alpha value is -0.0766. The van der Waals surface area contributed by atoms with E-state index in [9.17, 15) is 0 Å². The molecule has 0 rings (SSSR count). The first-order valence-corrected chi connectivity index (χ1v) is 2.58. The fourth-order valence-corrected chi connectivity index (χ4v) is 0. The molecule has 11 heavy (non-hydrogen) atoms. The molecule has 6 nitrogen and oxygen atoms in total. The average Bonchev–Trinajstić information content (AvgIpc) is 1.89. The van der Waals surface area contributed by atoms with Gasteiger partial charge in [-0.15, -0.1) is 0 Å². The van der Waals surface area contributed by atoms with Crippen molar-refractivity contribution in [2.24, 2.45) is 11.5 Å². The van der Waals surface area contributed by atoms with E-state index in [4.69, 9.17) is 10.5 Å². The summed E-state index contributed by atoms with van der Waals surface area (Å²) in [6.07, 6.45) is 0. The standard InChI is InChI=1S/2CH3NO2S.Zn/c2*2-1(5)4-3;/h2*3H,(H2,2,5);. The summed E-state index contributed by atoms with van der Waals surface area (Å²) in [5.41, 5.74) is 9.10. The Morgan fingerprint density at radius 1 is 1.00 bits per heavy atom. The van der Waals surface area contributed by atoms with Crippen molar-refractivity contribution >= 4 is 34.8 Å². The van der Waals surface area contributed by atoms with Gasteiger partial charge in [0.1, 0.15) is 0 Å². The van der Waals surface area contributed by atoms with Gasteiger partial charge in [-0.1, -0.05) is 0 Å². The summed E-state index contributed by atoms with van der Waals surface area (Å²) in [5.74, 6) is 0. The monoisotopic (exact) mass is 250 g/mol. The van der Waals surface area contributed by atoms with Crippen LogP contribution in [0.1, 0.15) is 0 Å². The molecule has 0 aromatic carbocycles. The fourth-order valence-electron chi connectivity index (χ4n) is 0. The van der Waals surface area contributed by atoms with Crippen LogP contribution in [0.3, 0.4) is 0 Å². The van der Waals surface area contributed by atoms with Crippen LogP contribution in [0, 0.1) is 0 Å². The summed E-state index contributed by atoms with van der Waals surface area (Å²) in [4.78, 5) is 6.52. The number of hydrogen-bond acceptors (Lipinski definition) is 6. The predicted molar refractivity (Wildman–Crippen MR) is 41.0 cm³/mol. The second-order valence-corrected chi connectivity index (χ2v) is 1.63. The van der Waals surface area contributed by atoms with E-state index >= 15 is 0 Å². The maximum Gasteiger partial charge on any atom is 0.293 e. The maximum absolute atomic E-state index is 7.38. The number of hydrogen-bond donors (Lipinski definition) is 4. The first-order chi connectivity index (χ1) is 4.54. The van der Waals surface area contributed by atoms with E-state index in [0.29, 0.717) is 0 Å². The summed E-state index contributed by atoms with van der Waals surface area (Å²) in [6.45, 7) is 0. The van der Waals surface area contributed by atoms with Crippen molar-refractivity contribution in [3.8, 4) is 0 Å². The second kappa shape index (κ2) is 12.6. The number of nitrogens with two attached hydrogens (primary N) is 2. The molecule has 0 aliphatic heterocycles. The zero-order valence-electron chi connectivity index (χ0n) is 5.39. The van der Waals surface area contributed by atoms with Gasteiger partial charge in [-0.2, -0.15) is 0 Å². The molecule has 0 saturated carbocycles. The Kier molecular flexibility index (Phi) is 19.6. The number of rotatable bonds is 0.